The number of hydrogen-bond acceptors (Lipinski definition) is 3. The Labute approximate surface area is 110 Å². The normalized spacial score (nSPS) is 10.3. The molecule has 0 bridgehead atoms. The van der Waals surface area contributed by atoms with Gasteiger partial charge in [-0.3, -0.25) is 4.79 Å². The Morgan fingerprint density at radius 3 is 2.72 bits per heavy atom. The van der Waals surface area contributed by atoms with Crippen LogP contribution in [-0.2, 0) is 17.8 Å². The summed E-state index contributed by atoms with van der Waals surface area (Å²) in [6.07, 6.45) is 1.87. The predicted octanol–water partition coefficient (Wildman–Crippen LogP) is 2.50. The molecule has 18 heavy (non-hydrogen) atoms. The van der Waals surface area contributed by atoms with Crippen molar-refractivity contribution < 1.29 is 9.21 Å². The summed E-state index contributed by atoms with van der Waals surface area (Å²) in [5.74, 6) is 0.537. The van der Waals surface area contributed by atoms with Gasteiger partial charge in [0.15, 0.2) is 5.89 Å². The average molecular weight is 265 g/mol. The molecule has 0 saturated heterocycles. The van der Waals surface area contributed by atoms with Crippen molar-refractivity contribution in [3.63, 3.8) is 0 Å². The number of amides is 1. The highest BCUT2D eigenvalue weighted by molar-refractivity contribution is 6.30. The molecule has 1 N–H and O–H groups in total. The van der Waals surface area contributed by atoms with Gasteiger partial charge in [0.1, 0.15) is 6.26 Å². The molecule has 1 heterocycles. The number of aromatic nitrogens is 1. The van der Waals surface area contributed by atoms with Crippen LogP contribution in [0.15, 0.2) is 34.9 Å². The molecule has 0 aliphatic heterocycles. The van der Waals surface area contributed by atoms with Crippen molar-refractivity contribution >= 4 is 17.5 Å². The van der Waals surface area contributed by atoms with E-state index in [2.05, 4.69) is 10.3 Å². The summed E-state index contributed by atoms with van der Waals surface area (Å²) in [6.45, 7) is 2.14. The van der Waals surface area contributed by atoms with Crippen LogP contribution in [0.3, 0.4) is 0 Å². The van der Waals surface area contributed by atoms with E-state index < -0.39 is 0 Å². The topological polar surface area (TPSA) is 55.1 Å². The van der Waals surface area contributed by atoms with Gasteiger partial charge < -0.3 is 9.73 Å². The van der Waals surface area contributed by atoms with E-state index in [1.165, 1.54) is 6.26 Å². The molecule has 4 nitrogen and oxygen atoms in total. The van der Waals surface area contributed by atoms with E-state index in [9.17, 15) is 4.79 Å². The van der Waals surface area contributed by atoms with Gasteiger partial charge in [-0.05, 0) is 17.7 Å². The summed E-state index contributed by atoms with van der Waals surface area (Å²) in [7, 11) is 0. The van der Waals surface area contributed by atoms with Gasteiger partial charge in [-0.1, -0.05) is 23.7 Å². The van der Waals surface area contributed by atoms with Crippen LogP contribution in [0.4, 0.5) is 0 Å². The lowest BCUT2D eigenvalue weighted by molar-refractivity contribution is -0.120. The van der Waals surface area contributed by atoms with Crippen molar-refractivity contribution in [3.8, 4) is 0 Å². The fourth-order valence-corrected chi connectivity index (χ4v) is 1.65. The highest BCUT2D eigenvalue weighted by atomic mass is 35.5. The first-order valence-corrected chi connectivity index (χ1v) is 5.93. The largest absolute Gasteiger partial charge is 0.449 e. The molecule has 2 aromatic rings. The second kappa shape index (κ2) is 5.69. The standard InChI is InChI=1S/C13H13ClN2O2/c1-9-16-12(8-18-9)7-15-13(17)6-10-2-4-11(14)5-3-10/h2-5,8H,6-7H2,1H3,(H,15,17). The first kappa shape index (κ1) is 12.6. The lowest BCUT2D eigenvalue weighted by Crippen LogP contribution is -2.24. The molecule has 0 spiro atoms. The number of nitrogens with one attached hydrogen (secondary N) is 1. The number of rotatable bonds is 4. The molecule has 94 valence electrons. The van der Waals surface area contributed by atoms with Crippen LogP contribution in [0.25, 0.3) is 0 Å². The summed E-state index contributed by atoms with van der Waals surface area (Å²) < 4.78 is 5.05. The molecule has 5 heteroatoms. The zero-order valence-electron chi connectivity index (χ0n) is 9.94. The van der Waals surface area contributed by atoms with Crippen LogP contribution in [0, 0.1) is 6.92 Å². The van der Waals surface area contributed by atoms with Crippen LogP contribution in [-0.4, -0.2) is 10.9 Å². The van der Waals surface area contributed by atoms with Gasteiger partial charge in [-0.15, -0.1) is 0 Å². The second-order valence-corrected chi connectivity index (χ2v) is 4.37. The molecule has 0 radical (unpaired) electrons. The van der Waals surface area contributed by atoms with Gasteiger partial charge in [0, 0.05) is 11.9 Å². The third-order valence-electron chi connectivity index (χ3n) is 2.41. The van der Waals surface area contributed by atoms with E-state index in [4.69, 9.17) is 16.0 Å². The van der Waals surface area contributed by atoms with E-state index in [-0.39, 0.29) is 5.91 Å². The quantitative estimate of drug-likeness (QED) is 0.923. The Balaban J connectivity index is 1.83. The van der Waals surface area contributed by atoms with Crippen LogP contribution in [0.2, 0.25) is 5.02 Å². The molecule has 1 aromatic carbocycles. The lowest BCUT2D eigenvalue weighted by Gasteiger charge is -2.03. The van der Waals surface area contributed by atoms with Gasteiger partial charge in [-0.25, -0.2) is 4.98 Å². The highest BCUT2D eigenvalue weighted by Crippen LogP contribution is 2.09. The highest BCUT2D eigenvalue weighted by Gasteiger charge is 2.05. The fraction of sp³-hybridized carbons (Fsp3) is 0.231. The van der Waals surface area contributed by atoms with Gasteiger partial charge in [-0.2, -0.15) is 0 Å². The monoisotopic (exact) mass is 264 g/mol. The van der Waals surface area contributed by atoms with Crippen molar-refractivity contribution in [2.24, 2.45) is 0 Å². The summed E-state index contributed by atoms with van der Waals surface area (Å²) in [5.41, 5.74) is 1.64. The van der Waals surface area contributed by atoms with Crippen molar-refractivity contribution in [2.75, 3.05) is 0 Å². The molecule has 0 unspecified atom stereocenters. The molecular formula is C13H13ClN2O2. The summed E-state index contributed by atoms with van der Waals surface area (Å²) >= 11 is 5.77. The number of carbonyl (C=O) groups excluding carboxylic acids is 1. The minimum absolute atomic E-state index is 0.0574. The summed E-state index contributed by atoms with van der Waals surface area (Å²) in [4.78, 5) is 15.8. The maximum Gasteiger partial charge on any atom is 0.224 e. The predicted molar refractivity (Wildman–Crippen MR) is 68.2 cm³/mol. The van der Waals surface area contributed by atoms with Crippen LogP contribution < -0.4 is 5.32 Å². The SMILES string of the molecule is Cc1nc(CNC(=O)Cc2ccc(Cl)cc2)co1. The second-order valence-electron chi connectivity index (χ2n) is 3.94. The van der Waals surface area contributed by atoms with Crippen LogP contribution >= 0.6 is 11.6 Å². The number of aryl methyl sites for hydroxylation is 1. The van der Waals surface area contributed by atoms with Gasteiger partial charge in [0.2, 0.25) is 5.91 Å². The smallest absolute Gasteiger partial charge is 0.224 e. The maximum absolute atomic E-state index is 11.7. The minimum Gasteiger partial charge on any atom is -0.449 e. The van der Waals surface area contributed by atoms with E-state index in [1.807, 2.05) is 12.1 Å². The number of nitrogens with zero attached hydrogens (tertiary/aromatic N) is 1. The van der Waals surface area contributed by atoms with Crippen LogP contribution in [0.5, 0.6) is 0 Å². The van der Waals surface area contributed by atoms with Gasteiger partial charge in [0.25, 0.3) is 0 Å². The Morgan fingerprint density at radius 2 is 2.11 bits per heavy atom. The third kappa shape index (κ3) is 3.60. The third-order valence-corrected chi connectivity index (χ3v) is 2.66. The van der Waals surface area contributed by atoms with E-state index in [1.54, 1.807) is 19.1 Å². The van der Waals surface area contributed by atoms with E-state index >= 15 is 0 Å². The molecule has 0 saturated carbocycles. The molecule has 0 aliphatic carbocycles. The minimum atomic E-state index is -0.0574. The van der Waals surface area contributed by atoms with Crippen molar-refractivity contribution in [1.29, 1.82) is 0 Å². The number of oxazole rings is 1. The molecule has 0 fully saturated rings. The molecule has 2 rings (SSSR count). The molecule has 0 aliphatic rings. The Kier molecular flexibility index (Phi) is 3.99. The molecule has 1 aromatic heterocycles. The molecular weight excluding hydrogens is 252 g/mol. The van der Waals surface area contributed by atoms with Gasteiger partial charge in [0.05, 0.1) is 18.7 Å². The molecule has 0 atom stereocenters. The zero-order chi connectivity index (χ0) is 13.0. The maximum atomic E-state index is 11.7. The number of carbonyl (C=O) groups is 1. The lowest BCUT2D eigenvalue weighted by atomic mass is 10.1. The summed E-state index contributed by atoms with van der Waals surface area (Å²) in [5, 5.41) is 3.45. The van der Waals surface area contributed by atoms with E-state index in [0.717, 1.165) is 11.3 Å². The number of benzene rings is 1. The number of hydrogen-bond donors (Lipinski definition) is 1. The number of halogens is 1. The van der Waals surface area contributed by atoms with Gasteiger partial charge >= 0.3 is 0 Å². The van der Waals surface area contributed by atoms with Crippen molar-refractivity contribution in [2.45, 2.75) is 19.9 Å². The fourth-order valence-electron chi connectivity index (χ4n) is 1.53. The Bertz CT molecular complexity index is 534. The Hall–Kier alpha value is -1.81. The molecule has 1 amide bonds. The average Bonchev–Trinajstić information content (AvgIpc) is 2.76. The first-order chi connectivity index (χ1) is 8.63. The van der Waals surface area contributed by atoms with Crippen molar-refractivity contribution in [1.82, 2.24) is 10.3 Å². The van der Waals surface area contributed by atoms with E-state index in [0.29, 0.717) is 23.9 Å². The van der Waals surface area contributed by atoms with Crippen molar-refractivity contribution in [3.05, 3.63) is 52.7 Å². The summed E-state index contributed by atoms with van der Waals surface area (Å²) in [6, 6.07) is 7.21. The zero-order valence-corrected chi connectivity index (χ0v) is 10.7. The van der Waals surface area contributed by atoms with Crippen LogP contribution in [0.1, 0.15) is 17.1 Å². The Morgan fingerprint density at radius 1 is 1.39 bits per heavy atom. The first-order valence-electron chi connectivity index (χ1n) is 5.55.